The quantitative estimate of drug-likeness (QED) is 0.786. The van der Waals surface area contributed by atoms with Crippen LogP contribution in [0.25, 0.3) is 0 Å². The summed E-state index contributed by atoms with van der Waals surface area (Å²) in [4.78, 5) is 0. The summed E-state index contributed by atoms with van der Waals surface area (Å²) in [6.45, 7) is -0.494. The fraction of sp³-hybridized carbons (Fsp3) is 0.400. The van der Waals surface area contributed by atoms with Gasteiger partial charge in [-0.2, -0.15) is 13.2 Å². The van der Waals surface area contributed by atoms with Crippen molar-refractivity contribution in [2.45, 2.75) is 18.6 Å². The minimum Gasteiger partial charge on any atom is -0.395 e. The molecule has 0 aromatic heterocycles. The van der Waals surface area contributed by atoms with E-state index < -0.39 is 35.8 Å². The number of aliphatic hydroxyl groups excluding tert-OH is 1. The number of hydrogen-bond acceptors (Lipinski definition) is 2. The molecule has 0 amide bonds. The molecule has 0 saturated heterocycles. The van der Waals surface area contributed by atoms with Crippen molar-refractivity contribution in [2.75, 3.05) is 6.61 Å². The lowest BCUT2D eigenvalue weighted by Gasteiger charge is -2.15. The van der Waals surface area contributed by atoms with Crippen LogP contribution in [-0.4, -0.2) is 17.8 Å². The Bertz CT molecular complexity index is 364. The van der Waals surface area contributed by atoms with Crippen LogP contribution in [0.1, 0.15) is 11.1 Å². The van der Waals surface area contributed by atoms with Gasteiger partial charge in [0, 0.05) is 11.6 Å². The first-order valence-corrected chi connectivity index (χ1v) is 4.57. The van der Waals surface area contributed by atoms with Gasteiger partial charge >= 0.3 is 6.18 Å². The molecular formula is C10H11F4NO. The fourth-order valence-electron chi connectivity index (χ4n) is 1.36. The monoisotopic (exact) mass is 237 g/mol. The first-order chi connectivity index (χ1) is 7.36. The number of nitrogens with two attached hydrogens (primary N) is 1. The van der Waals surface area contributed by atoms with Gasteiger partial charge in [0.1, 0.15) is 5.82 Å². The van der Waals surface area contributed by atoms with Crippen molar-refractivity contribution < 1.29 is 22.7 Å². The summed E-state index contributed by atoms with van der Waals surface area (Å²) in [6, 6.07) is 1.82. The van der Waals surface area contributed by atoms with Gasteiger partial charge in [-0.1, -0.05) is 6.07 Å². The topological polar surface area (TPSA) is 46.2 Å². The molecule has 1 unspecified atom stereocenters. The van der Waals surface area contributed by atoms with Crippen molar-refractivity contribution in [3.05, 3.63) is 35.1 Å². The van der Waals surface area contributed by atoms with Gasteiger partial charge in [-0.05, 0) is 18.6 Å². The van der Waals surface area contributed by atoms with E-state index in [1.807, 2.05) is 0 Å². The van der Waals surface area contributed by atoms with Gasteiger partial charge in [0.2, 0.25) is 0 Å². The summed E-state index contributed by atoms with van der Waals surface area (Å²) in [5, 5.41) is 8.65. The maximum Gasteiger partial charge on any atom is 0.416 e. The largest absolute Gasteiger partial charge is 0.416 e. The van der Waals surface area contributed by atoms with Crippen molar-refractivity contribution in [3.63, 3.8) is 0 Å². The molecule has 0 bridgehead atoms. The number of hydrogen-bond donors (Lipinski definition) is 2. The van der Waals surface area contributed by atoms with Gasteiger partial charge in [0.25, 0.3) is 0 Å². The highest BCUT2D eigenvalue weighted by atomic mass is 19.4. The second-order valence-electron chi connectivity index (χ2n) is 3.41. The van der Waals surface area contributed by atoms with Gasteiger partial charge in [-0.15, -0.1) is 0 Å². The van der Waals surface area contributed by atoms with E-state index in [1.165, 1.54) is 0 Å². The summed E-state index contributed by atoms with van der Waals surface area (Å²) >= 11 is 0. The molecule has 0 saturated carbocycles. The van der Waals surface area contributed by atoms with Crippen molar-refractivity contribution in [1.29, 1.82) is 0 Å². The van der Waals surface area contributed by atoms with Crippen LogP contribution in [0.3, 0.4) is 0 Å². The van der Waals surface area contributed by atoms with Gasteiger partial charge in [0.15, 0.2) is 0 Å². The van der Waals surface area contributed by atoms with Crippen LogP contribution in [0, 0.1) is 5.82 Å². The van der Waals surface area contributed by atoms with Gasteiger partial charge in [0.05, 0.1) is 12.2 Å². The lowest BCUT2D eigenvalue weighted by Crippen LogP contribution is -2.28. The zero-order valence-corrected chi connectivity index (χ0v) is 8.26. The standard InChI is InChI=1S/C10H11F4NO/c11-9-3-1-2-8(10(12,13)14)7(9)4-6(15)5-16/h1-3,6,16H,4-5,15H2. The highest BCUT2D eigenvalue weighted by Gasteiger charge is 2.34. The third-order valence-electron chi connectivity index (χ3n) is 2.13. The molecule has 1 aromatic carbocycles. The van der Waals surface area contributed by atoms with E-state index in [2.05, 4.69) is 0 Å². The number of rotatable bonds is 3. The maximum absolute atomic E-state index is 13.2. The zero-order valence-electron chi connectivity index (χ0n) is 8.26. The molecule has 6 heteroatoms. The highest BCUT2D eigenvalue weighted by molar-refractivity contribution is 5.31. The molecule has 1 atom stereocenters. The molecule has 16 heavy (non-hydrogen) atoms. The number of aliphatic hydroxyl groups is 1. The first kappa shape index (κ1) is 12.9. The average Bonchev–Trinajstić information content (AvgIpc) is 2.19. The normalized spacial score (nSPS) is 13.9. The van der Waals surface area contributed by atoms with Crippen molar-refractivity contribution >= 4 is 0 Å². The lowest BCUT2D eigenvalue weighted by atomic mass is 10.00. The molecule has 2 nitrogen and oxygen atoms in total. The molecule has 0 aliphatic heterocycles. The smallest absolute Gasteiger partial charge is 0.395 e. The molecule has 90 valence electrons. The van der Waals surface area contributed by atoms with E-state index in [0.29, 0.717) is 0 Å². The van der Waals surface area contributed by atoms with Crippen LogP contribution in [0.15, 0.2) is 18.2 Å². The van der Waals surface area contributed by atoms with E-state index in [0.717, 1.165) is 18.2 Å². The molecule has 0 aliphatic rings. The van der Waals surface area contributed by atoms with Crippen molar-refractivity contribution in [1.82, 2.24) is 0 Å². The Morgan fingerprint density at radius 3 is 2.44 bits per heavy atom. The summed E-state index contributed by atoms with van der Waals surface area (Å²) in [5.41, 5.74) is 3.75. The average molecular weight is 237 g/mol. The van der Waals surface area contributed by atoms with Crippen LogP contribution in [-0.2, 0) is 12.6 Å². The number of halogens is 4. The summed E-state index contributed by atoms with van der Waals surface area (Å²) in [6.07, 6.45) is -4.97. The lowest BCUT2D eigenvalue weighted by molar-refractivity contribution is -0.138. The van der Waals surface area contributed by atoms with E-state index in [9.17, 15) is 17.6 Å². The minimum atomic E-state index is -4.62. The predicted octanol–water partition coefficient (Wildman–Crippen LogP) is 1.71. The number of alkyl halides is 3. The minimum absolute atomic E-state index is 0.349. The second kappa shape index (κ2) is 4.80. The Kier molecular flexibility index (Phi) is 3.88. The van der Waals surface area contributed by atoms with Crippen LogP contribution in [0.4, 0.5) is 17.6 Å². The summed E-state index contributed by atoms with van der Waals surface area (Å²) in [5.74, 6) is -0.960. The van der Waals surface area contributed by atoms with E-state index in [1.54, 1.807) is 0 Å². The van der Waals surface area contributed by atoms with Crippen LogP contribution in [0.2, 0.25) is 0 Å². The second-order valence-corrected chi connectivity index (χ2v) is 3.41. The fourth-order valence-corrected chi connectivity index (χ4v) is 1.36. The molecular weight excluding hydrogens is 226 g/mol. The Balaban J connectivity index is 3.14. The van der Waals surface area contributed by atoms with Crippen molar-refractivity contribution in [3.8, 4) is 0 Å². The first-order valence-electron chi connectivity index (χ1n) is 4.57. The third kappa shape index (κ3) is 2.93. The Morgan fingerprint density at radius 2 is 1.94 bits per heavy atom. The van der Waals surface area contributed by atoms with Gasteiger partial charge in [-0.3, -0.25) is 0 Å². The van der Waals surface area contributed by atoms with Crippen LogP contribution in [0.5, 0.6) is 0 Å². The predicted molar refractivity (Wildman–Crippen MR) is 50.2 cm³/mol. The maximum atomic E-state index is 13.2. The van der Waals surface area contributed by atoms with E-state index in [-0.39, 0.29) is 6.42 Å². The molecule has 0 spiro atoms. The SMILES string of the molecule is NC(CO)Cc1c(F)cccc1C(F)(F)F. The Hall–Kier alpha value is -1.14. The van der Waals surface area contributed by atoms with Gasteiger partial charge < -0.3 is 10.8 Å². The van der Waals surface area contributed by atoms with E-state index >= 15 is 0 Å². The molecule has 1 rings (SSSR count). The molecule has 1 aromatic rings. The molecule has 0 heterocycles. The molecule has 3 N–H and O–H groups in total. The highest BCUT2D eigenvalue weighted by Crippen LogP contribution is 2.33. The number of benzene rings is 1. The van der Waals surface area contributed by atoms with Crippen LogP contribution < -0.4 is 5.73 Å². The Morgan fingerprint density at radius 1 is 1.31 bits per heavy atom. The molecule has 0 radical (unpaired) electrons. The third-order valence-corrected chi connectivity index (χ3v) is 2.13. The van der Waals surface area contributed by atoms with E-state index in [4.69, 9.17) is 10.8 Å². The molecule has 0 fully saturated rings. The van der Waals surface area contributed by atoms with Crippen molar-refractivity contribution in [2.24, 2.45) is 5.73 Å². The zero-order chi connectivity index (χ0) is 12.3. The molecule has 0 aliphatic carbocycles. The Labute approximate surface area is 89.7 Å². The summed E-state index contributed by atoms with van der Waals surface area (Å²) < 4.78 is 50.8. The van der Waals surface area contributed by atoms with Gasteiger partial charge in [-0.25, -0.2) is 4.39 Å². The summed E-state index contributed by atoms with van der Waals surface area (Å²) in [7, 11) is 0. The van der Waals surface area contributed by atoms with Crippen LogP contribution >= 0.6 is 0 Å².